The molecule has 7 nitrogen and oxygen atoms in total. The molecule has 26 heavy (non-hydrogen) atoms. The van der Waals surface area contributed by atoms with E-state index in [2.05, 4.69) is 10.4 Å². The minimum absolute atomic E-state index is 0.0401. The Morgan fingerprint density at radius 3 is 2.50 bits per heavy atom. The maximum atomic E-state index is 12.2. The van der Waals surface area contributed by atoms with Gasteiger partial charge in [0.1, 0.15) is 0 Å². The van der Waals surface area contributed by atoms with Crippen molar-refractivity contribution in [1.82, 2.24) is 15.1 Å². The lowest BCUT2D eigenvalue weighted by molar-refractivity contribution is -0.124. The lowest BCUT2D eigenvalue weighted by Crippen LogP contribution is -2.44. The first-order chi connectivity index (χ1) is 12.4. The Morgan fingerprint density at radius 1 is 1.19 bits per heavy atom. The molecular formula is C19H25N3O4. The predicted molar refractivity (Wildman–Crippen MR) is 97.5 cm³/mol. The Balaban J connectivity index is 2.19. The maximum absolute atomic E-state index is 12.2. The summed E-state index contributed by atoms with van der Waals surface area (Å²) in [7, 11) is 0. The van der Waals surface area contributed by atoms with Gasteiger partial charge in [-0.1, -0.05) is 25.1 Å². The third-order valence-electron chi connectivity index (χ3n) is 3.89. The Hall–Kier alpha value is -2.83. The Bertz CT molecular complexity index is 753. The van der Waals surface area contributed by atoms with Crippen LogP contribution in [0.1, 0.15) is 44.6 Å². The molecule has 1 aromatic carbocycles. The van der Waals surface area contributed by atoms with Crippen molar-refractivity contribution in [3.8, 4) is 11.4 Å². The van der Waals surface area contributed by atoms with Crippen molar-refractivity contribution in [2.45, 2.75) is 39.7 Å². The first-order valence-corrected chi connectivity index (χ1v) is 8.62. The second-order valence-electron chi connectivity index (χ2n) is 6.42. The second kappa shape index (κ2) is 8.51. The summed E-state index contributed by atoms with van der Waals surface area (Å²) in [5.41, 5.74) is 0.487. The molecule has 0 aliphatic rings. The monoisotopic (exact) mass is 359 g/mol. The minimum atomic E-state index is -0.591. The number of para-hydroxylation sites is 1. The largest absolute Gasteiger partial charge is 0.480 e. The second-order valence-corrected chi connectivity index (χ2v) is 6.42. The number of esters is 1. The molecule has 0 spiro atoms. The van der Waals surface area contributed by atoms with Gasteiger partial charge in [-0.2, -0.15) is 5.10 Å². The molecule has 0 saturated carbocycles. The van der Waals surface area contributed by atoms with E-state index in [1.165, 1.54) is 4.68 Å². The lowest BCUT2D eigenvalue weighted by Gasteiger charge is -2.24. The van der Waals surface area contributed by atoms with E-state index >= 15 is 0 Å². The summed E-state index contributed by atoms with van der Waals surface area (Å²) in [6, 6.07) is 9.31. The zero-order chi connectivity index (χ0) is 19.2. The fourth-order valence-electron chi connectivity index (χ4n) is 2.16. The molecule has 0 unspecified atom stereocenters. The molecule has 0 radical (unpaired) electrons. The number of rotatable bonds is 8. The van der Waals surface area contributed by atoms with Gasteiger partial charge in [-0.3, -0.25) is 4.79 Å². The molecule has 0 aliphatic heterocycles. The maximum Gasteiger partial charge on any atom is 0.362 e. The fourth-order valence-corrected chi connectivity index (χ4v) is 2.16. The van der Waals surface area contributed by atoms with Crippen LogP contribution in [-0.4, -0.2) is 40.4 Å². The molecule has 0 bridgehead atoms. The fraction of sp³-hybridized carbons (Fsp3) is 0.421. The van der Waals surface area contributed by atoms with Gasteiger partial charge in [0.15, 0.2) is 12.4 Å². The van der Waals surface area contributed by atoms with Gasteiger partial charge in [0.05, 0.1) is 18.5 Å². The molecule has 0 atom stereocenters. The van der Waals surface area contributed by atoms with Crippen LogP contribution in [0.4, 0.5) is 0 Å². The Morgan fingerprint density at radius 2 is 1.88 bits per heavy atom. The number of amides is 1. The van der Waals surface area contributed by atoms with Crippen molar-refractivity contribution < 1.29 is 19.1 Å². The summed E-state index contributed by atoms with van der Waals surface area (Å²) in [6.45, 7) is 7.58. The van der Waals surface area contributed by atoms with Gasteiger partial charge in [0.25, 0.3) is 5.91 Å². The van der Waals surface area contributed by atoms with Crippen molar-refractivity contribution in [1.29, 1.82) is 0 Å². The van der Waals surface area contributed by atoms with E-state index < -0.39 is 5.97 Å². The van der Waals surface area contributed by atoms with Gasteiger partial charge in [0.2, 0.25) is 5.69 Å². The highest BCUT2D eigenvalue weighted by atomic mass is 16.5. The molecule has 1 amide bonds. The Labute approximate surface area is 153 Å². The third kappa shape index (κ3) is 5.08. The van der Waals surface area contributed by atoms with Crippen molar-refractivity contribution in [3.63, 3.8) is 0 Å². The molecule has 2 rings (SSSR count). The molecule has 1 aromatic heterocycles. The van der Waals surface area contributed by atoms with E-state index in [1.54, 1.807) is 13.1 Å². The van der Waals surface area contributed by atoms with Crippen molar-refractivity contribution in [2.24, 2.45) is 0 Å². The van der Waals surface area contributed by atoms with Gasteiger partial charge < -0.3 is 14.8 Å². The van der Waals surface area contributed by atoms with Crippen LogP contribution in [-0.2, 0) is 9.53 Å². The van der Waals surface area contributed by atoms with E-state index in [9.17, 15) is 9.59 Å². The first-order valence-electron chi connectivity index (χ1n) is 8.62. The van der Waals surface area contributed by atoms with Crippen LogP contribution >= 0.6 is 0 Å². The predicted octanol–water partition coefficient (Wildman–Crippen LogP) is 2.73. The highest BCUT2D eigenvalue weighted by molar-refractivity contribution is 5.90. The van der Waals surface area contributed by atoms with E-state index in [1.807, 2.05) is 51.1 Å². The van der Waals surface area contributed by atoms with Crippen LogP contribution < -0.4 is 10.1 Å². The summed E-state index contributed by atoms with van der Waals surface area (Å²) < 4.78 is 12.1. The molecule has 0 fully saturated rings. The van der Waals surface area contributed by atoms with Crippen LogP contribution in [0, 0.1) is 0 Å². The number of nitrogens with one attached hydrogen (secondary N) is 1. The number of ether oxygens (including phenoxy) is 2. The summed E-state index contributed by atoms with van der Waals surface area (Å²) in [4.78, 5) is 24.2. The number of aromatic nitrogens is 2. The molecule has 1 heterocycles. The van der Waals surface area contributed by atoms with E-state index in [0.717, 1.165) is 12.1 Å². The third-order valence-corrected chi connectivity index (χ3v) is 3.89. The number of hydrogen-bond donors (Lipinski definition) is 1. The van der Waals surface area contributed by atoms with Gasteiger partial charge in [-0.05, 0) is 39.3 Å². The summed E-state index contributed by atoms with van der Waals surface area (Å²) in [5, 5.41) is 7.13. The van der Waals surface area contributed by atoms with Gasteiger partial charge >= 0.3 is 5.97 Å². The summed E-state index contributed by atoms with van der Waals surface area (Å²) in [6.07, 6.45) is 2.36. The highest BCUT2D eigenvalue weighted by Crippen LogP contribution is 2.21. The highest BCUT2D eigenvalue weighted by Gasteiger charge is 2.22. The summed E-state index contributed by atoms with van der Waals surface area (Å²) in [5.74, 6) is -0.651. The van der Waals surface area contributed by atoms with Crippen LogP contribution in [0.2, 0.25) is 0 Å². The van der Waals surface area contributed by atoms with Gasteiger partial charge in [-0.25, -0.2) is 9.48 Å². The van der Waals surface area contributed by atoms with Crippen LogP contribution in [0.25, 0.3) is 5.69 Å². The average Bonchev–Trinajstić information content (AvgIpc) is 3.05. The molecule has 0 saturated heterocycles. The standard InChI is InChI=1S/C19H25N3O4/c1-5-19(3,4)20-16(23)13-26-15-12-22(14-10-8-7-9-11-14)21-17(15)18(24)25-6-2/h7-12H,5-6,13H2,1-4H3,(H,20,23). The molecule has 7 heteroatoms. The van der Waals surface area contributed by atoms with E-state index in [4.69, 9.17) is 9.47 Å². The van der Waals surface area contributed by atoms with E-state index in [0.29, 0.717) is 0 Å². The molecule has 2 aromatic rings. The number of benzene rings is 1. The molecule has 0 aliphatic carbocycles. The molecule has 1 N–H and O–H groups in total. The molecule has 140 valence electrons. The van der Waals surface area contributed by atoms with Crippen LogP contribution in [0.5, 0.6) is 5.75 Å². The van der Waals surface area contributed by atoms with Crippen molar-refractivity contribution in [3.05, 3.63) is 42.2 Å². The van der Waals surface area contributed by atoms with E-state index in [-0.39, 0.29) is 36.1 Å². The van der Waals surface area contributed by atoms with Gasteiger partial charge in [0, 0.05) is 5.54 Å². The number of hydrogen-bond acceptors (Lipinski definition) is 5. The first kappa shape index (κ1) is 19.5. The summed E-state index contributed by atoms with van der Waals surface area (Å²) >= 11 is 0. The SMILES string of the molecule is CCOC(=O)c1nn(-c2ccccc2)cc1OCC(=O)NC(C)(C)CC. The Kier molecular flexibility index (Phi) is 6.38. The quantitative estimate of drug-likeness (QED) is 0.733. The van der Waals surface area contributed by atoms with Crippen molar-refractivity contribution >= 4 is 11.9 Å². The number of carbonyl (C=O) groups excluding carboxylic acids is 2. The molecular weight excluding hydrogens is 334 g/mol. The average molecular weight is 359 g/mol. The normalized spacial score (nSPS) is 11.1. The minimum Gasteiger partial charge on any atom is -0.480 e. The van der Waals surface area contributed by atoms with Crippen LogP contribution in [0.15, 0.2) is 36.5 Å². The number of carbonyl (C=O) groups is 2. The zero-order valence-corrected chi connectivity index (χ0v) is 15.6. The van der Waals surface area contributed by atoms with Crippen LogP contribution in [0.3, 0.4) is 0 Å². The zero-order valence-electron chi connectivity index (χ0n) is 15.6. The topological polar surface area (TPSA) is 82.4 Å². The smallest absolute Gasteiger partial charge is 0.362 e. The van der Waals surface area contributed by atoms with Crippen molar-refractivity contribution in [2.75, 3.05) is 13.2 Å². The number of nitrogens with zero attached hydrogens (tertiary/aromatic N) is 2. The van der Waals surface area contributed by atoms with Gasteiger partial charge in [-0.15, -0.1) is 0 Å². The lowest BCUT2D eigenvalue weighted by atomic mass is 10.0.